The second kappa shape index (κ2) is 6.43. The lowest BCUT2D eigenvalue weighted by Gasteiger charge is -2.09. The van der Waals surface area contributed by atoms with Crippen LogP contribution in [0.3, 0.4) is 0 Å². The molecule has 1 atom stereocenters. The van der Waals surface area contributed by atoms with Crippen LogP contribution in [0.5, 0.6) is 0 Å². The average molecular weight is 294 g/mol. The van der Waals surface area contributed by atoms with Gasteiger partial charge in [0.15, 0.2) is 0 Å². The molecule has 2 heterocycles. The van der Waals surface area contributed by atoms with Crippen molar-refractivity contribution in [2.24, 2.45) is 0 Å². The van der Waals surface area contributed by atoms with Crippen LogP contribution < -0.4 is 5.32 Å². The third kappa shape index (κ3) is 4.07. The lowest BCUT2D eigenvalue weighted by atomic mass is 10.3. The molecule has 3 nitrogen and oxygen atoms in total. The van der Waals surface area contributed by atoms with Gasteiger partial charge in [0.2, 0.25) is 0 Å². The van der Waals surface area contributed by atoms with Crippen LogP contribution >= 0.6 is 28.3 Å². The molecule has 0 aromatic carbocycles. The van der Waals surface area contributed by atoms with Crippen molar-refractivity contribution in [1.82, 2.24) is 10.3 Å². The van der Waals surface area contributed by atoms with Gasteiger partial charge in [0.25, 0.3) is 0 Å². The van der Waals surface area contributed by atoms with Gasteiger partial charge in [-0.15, -0.1) is 12.4 Å². The number of hydrogen-bond donors (Lipinski definition) is 1. The van der Waals surface area contributed by atoms with Gasteiger partial charge in [0.05, 0.1) is 12.7 Å². The number of halogens is 2. The number of rotatable bonds is 3. The molecular weight excluding hydrogens is 279 g/mol. The van der Waals surface area contributed by atoms with Crippen molar-refractivity contribution >= 4 is 28.3 Å². The van der Waals surface area contributed by atoms with Crippen LogP contribution in [0.25, 0.3) is 0 Å². The molecule has 84 valence electrons. The summed E-state index contributed by atoms with van der Waals surface area (Å²) in [6, 6.07) is 3.96. The minimum absolute atomic E-state index is 0. The molecule has 0 amide bonds. The number of nitrogens with one attached hydrogen (secondary N) is 1. The van der Waals surface area contributed by atoms with Crippen molar-refractivity contribution in [2.75, 3.05) is 13.1 Å². The van der Waals surface area contributed by atoms with Crippen LogP contribution in [0.1, 0.15) is 12.0 Å². The molecule has 1 aliphatic heterocycles. The Balaban J connectivity index is 0.00000112. The smallest absolute Gasteiger partial charge is 0.106 e. The summed E-state index contributed by atoms with van der Waals surface area (Å²) in [5.41, 5.74) is 1.13. The predicted molar refractivity (Wildman–Crippen MR) is 65.2 cm³/mol. The highest BCUT2D eigenvalue weighted by Gasteiger charge is 2.14. The SMILES string of the molecule is Brc1ccc(COC2CCNC2)cn1.Cl. The Kier molecular flexibility index (Phi) is 5.53. The van der Waals surface area contributed by atoms with E-state index in [0.29, 0.717) is 12.7 Å². The van der Waals surface area contributed by atoms with Crippen molar-refractivity contribution in [3.63, 3.8) is 0 Å². The van der Waals surface area contributed by atoms with Gasteiger partial charge >= 0.3 is 0 Å². The summed E-state index contributed by atoms with van der Waals surface area (Å²) in [6.45, 7) is 2.71. The van der Waals surface area contributed by atoms with E-state index in [2.05, 4.69) is 26.2 Å². The summed E-state index contributed by atoms with van der Waals surface area (Å²) in [6.07, 6.45) is 3.33. The largest absolute Gasteiger partial charge is 0.372 e. The number of aromatic nitrogens is 1. The van der Waals surface area contributed by atoms with E-state index in [4.69, 9.17) is 4.74 Å². The Morgan fingerprint density at radius 3 is 3.00 bits per heavy atom. The summed E-state index contributed by atoms with van der Waals surface area (Å²) >= 11 is 3.30. The molecule has 5 heteroatoms. The van der Waals surface area contributed by atoms with E-state index in [9.17, 15) is 0 Å². The second-order valence-electron chi connectivity index (χ2n) is 3.41. The first-order chi connectivity index (χ1) is 6.84. The predicted octanol–water partition coefficient (Wildman–Crippen LogP) is 2.14. The Bertz CT molecular complexity index is 288. The molecular formula is C10H14BrClN2O. The molecule has 1 aromatic heterocycles. The average Bonchev–Trinajstić information content (AvgIpc) is 2.70. The molecule has 0 spiro atoms. The highest BCUT2D eigenvalue weighted by molar-refractivity contribution is 9.10. The molecule has 1 unspecified atom stereocenters. The van der Waals surface area contributed by atoms with Gasteiger partial charge in [0, 0.05) is 12.7 Å². The van der Waals surface area contributed by atoms with Crippen LogP contribution in [-0.2, 0) is 11.3 Å². The number of pyridine rings is 1. The summed E-state index contributed by atoms with van der Waals surface area (Å²) < 4.78 is 6.58. The van der Waals surface area contributed by atoms with E-state index >= 15 is 0 Å². The standard InChI is InChI=1S/C10H13BrN2O.ClH/c11-10-2-1-8(5-13-10)7-14-9-3-4-12-6-9;/h1-2,5,9,12H,3-4,6-7H2;1H. The fourth-order valence-corrected chi connectivity index (χ4v) is 1.71. The number of nitrogens with zero attached hydrogens (tertiary/aromatic N) is 1. The van der Waals surface area contributed by atoms with Gasteiger partial charge in [-0.05, 0) is 40.5 Å². The van der Waals surface area contributed by atoms with E-state index in [1.54, 1.807) is 0 Å². The van der Waals surface area contributed by atoms with Crippen LogP contribution in [0, 0.1) is 0 Å². The second-order valence-corrected chi connectivity index (χ2v) is 4.23. The van der Waals surface area contributed by atoms with Gasteiger partial charge in [0.1, 0.15) is 4.60 Å². The monoisotopic (exact) mass is 292 g/mol. The van der Waals surface area contributed by atoms with Crippen LogP contribution in [0.2, 0.25) is 0 Å². The molecule has 1 fully saturated rings. The Morgan fingerprint density at radius 2 is 2.40 bits per heavy atom. The molecule has 0 radical (unpaired) electrons. The van der Waals surface area contributed by atoms with E-state index < -0.39 is 0 Å². The molecule has 1 saturated heterocycles. The van der Waals surface area contributed by atoms with Crippen molar-refractivity contribution in [2.45, 2.75) is 19.1 Å². The highest BCUT2D eigenvalue weighted by atomic mass is 79.9. The first-order valence-electron chi connectivity index (χ1n) is 4.77. The minimum Gasteiger partial charge on any atom is -0.372 e. The van der Waals surface area contributed by atoms with E-state index in [1.807, 2.05) is 18.3 Å². The van der Waals surface area contributed by atoms with Crippen molar-refractivity contribution in [1.29, 1.82) is 0 Å². The quantitative estimate of drug-likeness (QED) is 0.867. The van der Waals surface area contributed by atoms with Gasteiger partial charge in [-0.25, -0.2) is 4.98 Å². The van der Waals surface area contributed by atoms with Gasteiger partial charge < -0.3 is 10.1 Å². The third-order valence-electron chi connectivity index (χ3n) is 2.29. The zero-order chi connectivity index (χ0) is 9.80. The summed E-state index contributed by atoms with van der Waals surface area (Å²) in [7, 11) is 0. The Hall–Kier alpha value is -0.160. The lowest BCUT2D eigenvalue weighted by Crippen LogP contribution is -2.16. The summed E-state index contributed by atoms with van der Waals surface area (Å²) in [5, 5.41) is 3.27. The van der Waals surface area contributed by atoms with E-state index in [0.717, 1.165) is 29.7 Å². The molecule has 1 N–H and O–H groups in total. The van der Waals surface area contributed by atoms with Gasteiger partial charge in [-0.2, -0.15) is 0 Å². The molecule has 0 aliphatic carbocycles. The minimum atomic E-state index is 0. The van der Waals surface area contributed by atoms with E-state index in [-0.39, 0.29) is 12.4 Å². The van der Waals surface area contributed by atoms with Crippen molar-refractivity contribution < 1.29 is 4.74 Å². The maximum atomic E-state index is 5.71. The Labute approximate surface area is 104 Å². The maximum Gasteiger partial charge on any atom is 0.106 e. The molecule has 2 rings (SSSR count). The number of ether oxygens (including phenoxy) is 1. The first kappa shape index (κ1) is 12.9. The normalized spacial score (nSPS) is 19.9. The molecule has 0 bridgehead atoms. The van der Waals surface area contributed by atoms with Gasteiger partial charge in [-0.3, -0.25) is 0 Å². The molecule has 1 aromatic rings. The van der Waals surface area contributed by atoms with Gasteiger partial charge in [-0.1, -0.05) is 6.07 Å². The van der Waals surface area contributed by atoms with Crippen molar-refractivity contribution in [3.8, 4) is 0 Å². The third-order valence-corrected chi connectivity index (χ3v) is 2.76. The lowest BCUT2D eigenvalue weighted by molar-refractivity contribution is 0.0540. The molecule has 0 saturated carbocycles. The highest BCUT2D eigenvalue weighted by Crippen LogP contribution is 2.10. The fraction of sp³-hybridized carbons (Fsp3) is 0.500. The maximum absolute atomic E-state index is 5.71. The molecule has 1 aliphatic rings. The summed E-state index contributed by atoms with van der Waals surface area (Å²) in [5.74, 6) is 0. The van der Waals surface area contributed by atoms with Crippen molar-refractivity contribution in [3.05, 3.63) is 28.5 Å². The number of hydrogen-bond acceptors (Lipinski definition) is 3. The van der Waals surface area contributed by atoms with Crippen LogP contribution in [-0.4, -0.2) is 24.2 Å². The van der Waals surface area contributed by atoms with E-state index in [1.165, 1.54) is 0 Å². The summed E-state index contributed by atoms with van der Waals surface area (Å²) in [4.78, 5) is 4.15. The fourth-order valence-electron chi connectivity index (χ4n) is 1.48. The first-order valence-corrected chi connectivity index (χ1v) is 5.56. The van der Waals surface area contributed by atoms with Crippen LogP contribution in [0.15, 0.2) is 22.9 Å². The molecule has 15 heavy (non-hydrogen) atoms. The topological polar surface area (TPSA) is 34.1 Å². The zero-order valence-corrected chi connectivity index (χ0v) is 10.7. The zero-order valence-electron chi connectivity index (χ0n) is 8.28. The van der Waals surface area contributed by atoms with Crippen LogP contribution in [0.4, 0.5) is 0 Å². The Morgan fingerprint density at radius 1 is 1.53 bits per heavy atom.